The first-order valence-electron chi connectivity index (χ1n) is 6.73. The maximum atomic E-state index is 12.0. The van der Waals surface area contributed by atoms with Crippen LogP contribution in [0, 0.1) is 0 Å². The van der Waals surface area contributed by atoms with Gasteiger partial charge in [0.15, 0.2) is 0 Å². The lowest BCUT2D eigenvalue weighted by Gasteiger charge is -2.29. The molecule has 1 aliphatic heterocycles. The highest BCUT2D eigenvalue weighted by molar-refractivity contribution is 5.85. The smallest absolute Gasteiger partial charge is 0.242 e. The molecular weight excluding hydrogens is 296 g/mol. The summed E-state index contributed by atoms with van der Waals surface area (Å²) in [6.07, 6.45) is 3.59. The summed E-state index contributed by atoms with van der Waals surface area (Å²) in [5.74, 6) is -0.0629. The van der Waals surface area contributed by atoms with Crippen LogP contribution in [-0.2, 0) is 16.1 Å². The van der Waals surface area contributed by atoms with E-state index < -0.39 is 0 Å². The summed E-state index contributed by atoms with van der Waals surface area (Å²) in [6, 6.07) is 0. The van der Waals surface area contributed by atoms with Crippen molar-refractivity contribution in [2.75, 3.05) is 39.8 Å². The molecule has 2 rings (SSSR count). The average Bonchev–Trinajstić information content (AvgIpc) is 2.98. The SMILES string of the molecule is CN(CC(=O)N1CCNCC1)C(=O)CCn1ccnn1.Cl. The van der Waals surface area contributed by atoms with Gasteiger partial charge in [0, 0.05) is 45.8 Å². The van der Waals surface area contributed by atoms with E-state index in [4.69, 9.17) is 0 Å². The van der Waals surface area contributed by atoms with Crippen LogP contribution in [0.15, 0.2) is 12.4 Å². The first-order valence-corrected chi connectivity index (χ1v) is 6.73. The molecule has 0 atom stereocenters. The molecule has 0 bridgehead atoms. The second-order valence-electron chi connectivity index (χ2n) is 4.80. The Balaban J connectivity index is 0.00000220. The van der Waals surface area contributed by atoms with Gasteiger partial charge in [-0.05, 0) is 0 Å². The second kappa shape index (κ2) is 8.58. The van der Waals surface area contributed by atoms with Gasteiger partial charge in [-0.15, -0.1) is 17.5 Å². The van der Waals surface area contributed by atoms with Crippen molar-refractivity contribution >= 4 is 24.2 Å². The molecule has 1 N–H and O–H groups in total. The maximum absolute atomic E-state index is 12.0. The lowest BCUT2D eigenvalue weighted by molar-refractivity contribution is -0.139. The van der Waals surface area contributed by atoms with Gasteiger partial charge < -0.3 is 15.1 Å². The van der Waals surface area contributed by atoms with E-state index in [1.54, 1.807) is 29.0 Å². The number of halogens is 1. The van der Waals surface area contributed by atoms with Crippen molar-refractivity contribution in [1.29, 1.82) is 0 Å². The van der Waals surface area contributed by atoms with Crippen LogP contribution in [0.2, 0.25) is 0 Å². The van der Waals surface area contributed by atoms with Gasteiger partial charge in [-0.25, -0.2) is 0 Å². The van der Waals surface area contributed by atoms with Crippen molar-refractivity contribution < 1.29 is 9.59 Å². The van der Waals surface area contributed by atoms with Crippen LogP contribution in [0.25, 0.3) is 0 Å². The van der Waals surface area contributed by atoms with Gasteiger partial charge in [-0.2, -0.15) is 0 Å². The van der Waals surface area contributed by atoms with Crippen molar-refractivity contribution in [3.05, 3.63) is 12.4 Å². The number of amides is 2. The zero-order chi connectivity index (χ0) is 14.4. The van der Waals surface area contributed by atoms with Crippen LogP contribution in [0.1, 0.15) is 6.42 Å². The largest absolute Gasteiger partial charge is 0.339 e. The highest BCUT2D eigenvalue weighted by atomic mass is 35.5. The van der Waals surface area contributed by atoms with Crippen molar-refractivity contribution in [3.8, 4) is 0 Å². The van der Waals surface area contributed by atoms with Gasteiger partial charge >= 0.3 is 0 Å². The van der Waals surface area contributed by atoms with Crippen LogP contribution >= 0.6 is 12.4 Å². The van der Waals surface area contributed by atoms with Gasteiger partial charge in [0.2, 0.25) is 11.8 Å². The van der Waals surface area contributed by atoms with E-state index in [2.05, 4.69) is 15.6 Å². The number of nitrogens with zero attached hydrogens (tertiary/aromatic N) is 5. The van der Waals surface area contributed by atoms with Crippen molar-refractivity contribution in [2.45, 2.75) is 13.0 Å². The van der Waals surface area contributed by atoms with Gasteiger partial charge in [0.25, 0.3) is 0 Å². The zero-order valence-corrected chi connectivity index (χ0v) is 12.9. The molecule has 1 saturated heterocycles. The molecule has 1 aromatic heterocycles. The standard InChI is InChI=1S/C12H20N6O2.ClH/c1-16(10-12(20)17-7-3-13-4-8-17)11(19)2-6-18-9-5-14-15-18;/h5,9,13H,2-4,6-8,10H2,1H3;1H. The number of piperazine rings is 1. The summed E-state index contributed by atoms with van der Waals surface area (Å²) in [5, 5.41) is 10.7. The molecule has 0 aliphatic carbocycles. The molecule has 118 valence electrons. The molecule has 9 heteroatoms. The second-order valence-corrected chi connectivity index (χ2v) is 4.80. The summed E-state index contributed by atoms with van der Waals surface area (Å²) in [7, 11) is 1.66. The summed E-state index contributed by atoms with van der Waals surface area (Å²) in [4.78, 5) is 27.2. The average molecular weight is 317 g/mol. The molecule has 0 spiro atoms. The molecule has 1 aromatic rings. The molecule has 2 heterocycles. The minimum atomic E-state index is -0.0658. The number of likely N-dealkylation sites (N-methyl/N-ethyl adjacent to an activating group) is 1. The predicted octanol–water partition coefficient (Wildman–Crippen LogP) is -1.02. The Bertz CT molecular complexity index is 447. The first kappa shape index (κ1) is 17.4. The zero-order valence-electron chi connectivity index (χ0n) is 12.1. The molecule has 0 aromatic carbocycles. The van der Waals surface area contributed by atoms with Crippen LogP contribution in [0.5, 0.6) is 0 Å². The molecule has 1 aliphatic rings. The van der Waals surface area contributed by atoms with Crippen molar-refractivity contribution in [3.63, 3.8) is 0 Å². The van der Waals surface area contributed by atoms with Crippen LogP contribution < -0.4 is 5.32 Å². The predicted molar refractivity (Wildman–Crippen MR) is 79.0 cm³/mol. The third kappa shape index (κ3) is 5.31. The topological polar surface area (TPSA) is 83.4 Å². The van der Waals surface area contributed by atoms with E-state index in [0.29, 0.717) is 26.1 Å². The normalized spacial score (nSPS) is 14.4. The molecule has 0 radical (unpaired) electrons. The highest BCUT2D eigenvalue weighted by Crippen LogP contribution is 1.98. The minimum Gasteiger partial charge on any atom is -0.339 e. The van der Waals surface area contributed by atoms with Crippen LogP contribution in [0.4, 0.5) is 0 Å². The number of aryl methyl sites for hydroxylation is 1. The fourth-order valence-electron chi connectivity index (χ4n) is 2.06. The Hall–Kier alpha value is -1.67. The fourth-order valence-corrected chi connectivity index (χ4v) is 2.06. The Morgan fingerprint density at radius 2 is 2.05 bits per heavy atom. The summed E-state index contributed by atoms with van der Waals surface area (Å²) < 4.78 is 1.60. The number of carbonyl (C=O) groups is 2. The summed E-state index contributed by atoms with van der Waals surface area (Å²) in [6.45, 7) is 3.66. The van der Waals surface area contributed by atoms with E-state index in [0.717, 1.165) is 13.1 Å². The van der Waals surface area contributed by atoms with Crippen molar-refractivity contribution in [2.24, 2.45) is 0 Å². The Morgan fingerprint density at radius 3 is 2.67 bits per heavy atom. The molecule has 21 heavy (non-hydrogen) atoms. The summed E-state index contributed by atoms with van der Waals surface area (Å²) in [5.41, 5.74) is 0. The van der Waals surface area contributed by atoms with Crippen LogP contribution in [-0.4, -0.2) is 76.4 Å². The third-order valence-electron chi connectivity index (χ3n) is 3.29. The number of carbonyl (C=O) groups excluding carboxylic acids is 2. The van der Waals surface area contributed by atoms with E-state index >= 15 is 0 Å². The quantitative estimate of drug-likeness (QED) is 0.752. The molecule has 8 nitrogen and oxygen atoms in total. The van der Waals surface area contributed by atoms with Crippen LogP contribution in [0.3, 0.4) is 0 Å². The number of rotatable bonds is 5. The van der Waals surface area contributed by atoms with Gasteiger partial charge in [0.1, 0.15) is 0 Å². The Kier molecular flexibility index (Phi) is 7.10. The monoisotopic (exact) mass is 316 g/mol. The van der Waals surface area contributed by atoms with E-state index in [9.17, 15) is 9.59 Å². The lowest BCUT2D eigenvalue weighted by atomic mass is 10.3. The summed E-state index contributed by atoms with van der Waals surface area (Å²) >= 11 is 0. The minimum absolute atomic E-state index is 0. The molecular formula is C12H21ClN6O2. The maximum Gasteiger partial charge on any atom is 0.242 e. The lowest BCUT2D eigenvalue weighted by Crippen LogP contribution is -2.49. The Morgan fingerprint density at radius 1 is 1.33 bits per heavy atom. The third-order valence-corrected chi connectivity index (χ3v) is 3.29. The Labute approximate surface area is 129 Å². The van der Waals surface area contributed by atoms with E-state index in [1.165, 1.54) is 4.90 Å². The number of nitrogens with one attached hydrogen (secondary N) is 1. The number of hydrogen-bond donors (Lipinski definition) is 1. The van der Waals surface area contributed by atoms with Gasteiger partial charge in [-0.1, -0.05) is 5.21 Å². The number of aromatic nitrogens is 3. The van der Waals surface area contributed by atoms with Crippen molar-refractivity contribution in [1.82, 2.24) is 30.1 Å². The van der Waals surface area contributed by atoms with Gasteiger partial charge in [-0.3, -0.25) is 14.3 Å². The first-order chi connectivity index (χ1) is 9.66. The molecule has 2 amide bonds. The van der Waals surface area contributed by atoms with E-state index in [1.807, 2.05) is 0 Å². The van der Waals surface area contributed by atoms with E-state index in [-0.39, 0.29) is 30.8 Å². The molecule has 1 fully saturated rings. The highest BCUT2D eigenvalue weighted by Gasteiger charge is 2.19. The van der Waals surface area contributed by atoms with Gasteiger partial charge in [0.05, 0.1) is 19.3 Å². The number of hydrogen-bond acceptors (Lipinski definition) is 5. The fraction of sp³-hybridized carbons (Fsp3) is 0.667. The molecule has 0 saturated carbocycles. The molecule has 0 unspecified atom stereocenters.